The van der Waals surface area contributed by atoms with E-state index in [1.54, 1.807) is 30.3 Å². The zero-order chi connectivity index (χ0) is 20.3. The number of hydrogen-bond acceptors (Lipinski definition) is 5. The molecule has 1 aliphatic heterocycles. The van der Waals surface area contributed by atoms with Crippen molar-refractivity contribution in [2.45, 2.75) is 18.6 Å². The lowest BCUT2D eigenvalue weighted by atomic mass is 10.2. The van der Waals surface area contributed by atoms with Gasteiger partial charge in [-0.15, -0.1) is 0 Å². The molecule has 1 aliphatic rings. The number of anilines is 1. The second kappa shape index (κ2) is 9.13. The van der Waals surface area contributed by atoms with Gasteiger partial charge in [0.25, 0.3) is 0 Å². The van der Waals surface area contributed by atoms with Crippen molar-refractivity contribution in [1.29, 1.82) is 0 Å². The molecule has 6 nitrogen and oxygen atoms in total. The van der Waals surface area contributed by atoms with Crippen molar-refractivity contribution in [1.82, 2.24) is 9.88 Å². The molecule has 1 unspecified atom stereocenters. The number of benzene rings is 1. The Morgan fingerprint density at radius 1 is 1.29 bits per heavy atom. The van der Waals surface area contributed by atoms with Crippen LogP contribution in [0.2, 0.25) is 15.1 Å². The van der Waals surface area contributed by atoms with Crippen molar-refractivity contribution >= 4 is 75.1 Å². The second-order valence-corrected chi connectivity index (χ2v) is 8.16. The monoisotopic (exact) mass is 456 g/mol. The Balaban J connectivity index is 1.72. The molecule has 1 saturated heterocycles. The fourth-order valence-electron chi connectivity index (χ4n) is 2.52. The van der Waals surface area contributed by atoms with Crippen LogP contribution in [0.15, 0.2) is 41.5 Å². The summed E-state index contributed by atoms with van der Waals surface area (Å²) in [5.74, 6) is -0.0709. The van der Waals surface area contributed by atoms with Gasteiger partial charge in [0, 0.05) is 19.2 Å². The van der Waals surface area contributed by atoms with Crippen molar-refractivity contribution in [3.63, 3.8) is 0 Å². The highest BCUT2D eigenvalue weighted by Crippen LogP contribution is 2.33. The molecule has 1 aromatic heterocycles. The van der Waals surface area contributed by atoms with Crippen LogP contribution in [0.3, 0.4) is 0 Å². The number of nitrogens with one attached hydrogen (secondary N) is 1. The maximum atomic E-state index is 12.7. The van der Waals surface area contributed by atoms with Crippen LogP contribution in [0.25, 0.3) is 0 Å². The lowest BCUT2D eigenvalue weighted by Crippen LogP contribution is -2.33. The van der Waals surface area contributed by atoms with Crippen LogP contribution in [0, 0.1) is 0 Å². The molecule has 10 heteroatoms. The van der Waals surface area contributed by atoms with Crippen molar-refractivity contribution in [3.05, 3.63) is 51.6 Å². The minimum atomic E-state index is -0.580. The van der Waals surface area contributed by atoms with E-state index in [2.05, 4.69) is 15.3 Å². The van der Waals surface area contributed by atoms with Gasteiger partial charge in [0.1, 0.15) is 5.25 Å². The zero-order valence-corrected chi connectivity index (χ0v) is 17.7. The molecule has 1 atom stereocenters. The molecule has 0 aliphatic carbocycles. The lowest BCUT2D eigenvalue weighted by molar-refractivity contribution is -0.128. The Morgan fingerprint density at radius 3 is 2.75 bits per heavy atom. The van der Waals surface area contributed by atoms with Crippen molar-refractivity contribution in [3.8, 4) is 0 Å². The van der Waals surface area contributed by atoms with Gasteiger partial charge in [-0.1, -0.05) is 52.6 Å². The fraction of sp³-hybridized carbons (Fsp3) is 0.222. The molecule has 2 amide bonds. The normalized spacial score (nSPS) is 18.0. The number of carbonyl (C=O) groups excluding carboxylic acids is 2. The number of amidine groups is 1. The molecule has 2 aromatic rings. The maximum Gasteiger partial charge on any atom is 0.242 e. The van der Waals surface area contributed by atoms with E-state index in [4.69, 9.17) is 34.8 Å². The van der Waals surface area contributed by atoms with Crippen LogP contribution < -0.4 is 5.32 Å². The molecule has 28 heavy (non-hydrogen) atoms. The molecule has 1 fully saturated rings. The Morgan fingerprint density at radius 2 is 2.07 bits per heavy atom. The smallest absolute Gasteiger partial charge is 0.242 e. The fourth-order valence-corrected chi connectivity index (χ4v) is 4.19. The summed E-state index contributed by atoms with van der Waals surface area (Å²) in [4.78, 5) is 35.1. The first-order chi connectivity index (χ1) is 13.4. The van der Waals surface area contributed by atoms with E-state index >= 15 is 0 Å². The van der Waals surface area contributed by atoms with Gasteiger partial charge in [0.15, 0.2) is 11.0 Å². The van der Waals surface area contributed by atoms with Crippen LogP contribution in [-0.2, 0) is 9.59 Å². The minimum Gasteiger partial charge on any atom is -0.325 e. The Hall–Kier alpha value is -1.80. The van der Waals surface area contributed by atoms with Gasteiger partial charge in [0.2, 0.25) is 11.8 Å². The van der Waals surface area contributed by atoms with Gasteiger partial charge >= 0.3 is 0 Å². The predicted molar refractivity (Wildman–Crippen MR) is 115 cm³/mol. The summed E-state index contributed by atoms with van der Waals surface area (Å²) in [6.45, 7) is 2.29. The highest BCUT2D eigenvalue weighted by molar-refractivity contribution is 8.15. The highest BCUT2D eigenvalue weighted by atomic mass is 35.5. The quantitative estimate of drug-likeness (QED) is 0.684. The van der Waals surface area contributed by atoms with Gasteiger partial charge in [-0.05, 0) is 31.2 Å². The molecular formula is C18H15Cl3N4O2S. The summed E-state index contributed by atoms with van der Waals surface area (Å²) >= 11 is 19.1. The van der Waals surface area contributed by atoms with E-state index in [0.29, 0.717) is 33.3 Å². The first kappa shape index (κ1) is 20.9. The third-order valence-electron chi connectivity index (χ3n) is 3.85. The van der Waals surface area contributed by atoms with Crippen LogP contribution >= 0.6 is 46.6 Å². The molecular weight excluding hydrogens is 443 g/mol. The number of pyridine rings is 1. The number of halogens is 3. The first-order valence-electron chi connectivity index (χ1n) is 8.31. The zero-order valence-electron chi connectivity index (χ0n) is 14.7. The molecule has 0 spiro atoms. The van der Waals surface area contributed by atoms with Crippen molar-refractivity contribution < 1.29 is 9.59 Å². The molecule has 0 radical (unpaired) electrons. The number of amides is 2. The Bertz CT molecular complexity index is 937. The standard InChI is InChI=1S/C18H15Cl3N4O2S/c1-2-25-17(27)13(28-18(25)24-14-7-6-10(19)9-22-14)8-15(26)23-12-5-3-4-11(20)16(12)21/h3-7,9,13H,2,8H2,1H3,(H,23,26). The topological polar surface area (TPSA) is 74.7 Å². The summed E-state index contributed by atoms with van der Waals surface area (Å²) in [6.07, 6.45) is 1.47. The van der Waals surface area contributed by atoms with Crippen molar-refractivity contribution in [2.75, 3.05) is 11.9 Å². The van der Waals surface area contributed by atoms with Crippen molar-refractivity contribution in [2.24, 2.45) is 4.99 Å². The summed E-state index contributed by atoms with van der Waals surface area (Å²) in [7, 11) is 0. The molecule has 2 heterocycles. The molecule has 0 bridgehead atoms. The average molecular weight is 458 g/mol. The molecule has 3 rings (SSSR count). The van der Waals surface area contributed by atoms with E-state index in [-0.39, 0.29) is 23.3 Å². The number of aliphatic imine (C=N–C) groups is 1. The number of rotatable bonds is 5. The first-order valence-corrected chi connectivity index (χ1v) is 10.3. The van der Waals surface area contributed by atoms with Crippen LogP contribution in [0.5, 0.6) is 0 Å². The van der Waals surface area contributed by atoms with Gasteiger partial charge in [-0.2, -0.15) is 0 Å². The van der Waals surface area contributed by atoms with E-state index < -0.39 is 5.25 Å². The number of hydrogen-bond donors (Lipinski definition) is 1. The Labute approximate surface area is 181 Å². The van der Waals surface area contributed by atoms with Crippen LogP contribution in [0.4, 0.5) is 11.5 Å². The van der Waals surface area contributed by atoms with Crippen LogP contribution in [0.1, 0.15) is 13.3 Å². The number of aromatic nitrogens is 1. The molecule has 0 saturated carbocycles. The summed E-state index contributed by atoms with van der Waals surface area (Å²) in [5, 5.41) is 3.72. The lowest BCUT2D eigenvalue weighted by Gasteiger charge is -2.13. The van der Waals surface area contributed by atoms with E-state index in [0.717, 1.165) is 0 Å². The van der Waals surface area contributed by atoms with E-state index in [1.807, 2.05) is 6.92 Å². The largest absolute Gasteiger partial charge is 0.325 e. The number of thioether (sulfide) groups is 1. The van der Waals surface area contributed by atoms with Gasteiger partial charge in [-0.3, -0.25) is 14.5 Å². The third-order valence-corrected chi connectivity index (χ3v) is 6.07. The maximum absolute atomic E-state index is 12.7. The minimum absolute atomic E-state index is 0.0179. The SMILES string of the molecule is CCN1C(=O)C(CC(=O)Nc2cccc(Cl)c2Cl)SC1=Nc1ccc(Cl)cn1. The predicted octanol–water partition coefficient (Wildman–Crippen LogP) is 5.02. The molecule has 1 N–H and O–H groups in total. The second-order valence-electron chi connectivity index (χ2n) is 5.77. The number of nitrogens with zero attached hydrogens (tertiary/aromatic N) is 3. The summed E-state index contributed by atoms with van der Waals surface area (Å²) in [6, 6.07) is 8.29. The van der Waals surface area contributed by atoms with E-state index in [1.165, 1.54) is 22.9 Å². The highest BCUT2D eigenvalue weighted by Gasteiger charge is 2.38. The average Bonchev–Trinajstić information content (AvgIpc) is 2.95. The molecule has 1 aromatic carbocycles. The van der Waals surface area contributed by atoms with Gasteiger partial charge in [-0.25, -0.2) is 9.98 Å². The van der Waals surface area contributed by atoms with E-state index in [9.17, 15) is 9.59 Å². The van der Waals surface area contributed by atoms with Gasteiger partial charge in [0.05, 0.1) is 20.8 Å². The third kappa shape index (κ3) is 4.78. The van der Waals surface area contributed by atoms with Crippen LogP contribution in [-0.4, -0.2) is 38.7 Å². The number of carbonyl (C=O) groups is 2. The van der Waals surface area contributed by atoms with Gasteiger partial charge < -0.3 is 5.32 Å². The Kier molecular flexibility index (Phi) is 6.82. The summed E-state index contributed by atoms with van der Waals surface area (Å²) < 4.78 is 0. The summed E-state index contributed by atoms with van der Waals surface area (Å²) in [5.41, 5.74) is 0.404. The molecule has 146 valence electrons.